The Hall–Kier alpha value is -3.66. The summed E-state index contributed by atoms with van der Waals surface area (Å²) < 4.78 is 18.3. The number of rotatable bonds is 7. The van der Waals surface area contributed by atoms with E-state index in [-0.39, 0.29) is 36.5 Å². The molecule has 2 N–H and O–H groups in total. The lowest BCUT2D eigenvalue weighted by molar-refractivity contribution is -0.145. The van der Waals surface area contributed by atoms with Gasteiger partial charge in [0.2, 0.25) is 17.7 Å². The molecule has 0 unspecified atom stereocenters. The van der Waals surface area contributed by atoms with Crippen molar-refractivity contribution < 1.29 is 23.5 Å². The van der Waals surface area contributed by atoms with Crippen LogP contribution in [0.5, 0.6) is 5.75 Å². The van der Waals surface area contributed by atoms with E-state index in [1.54, 1.807) is 43.5 Å². The molecule has 2 heterocycles. The number of nitrogens with zero attached hydrogens (tertiary/aromatic N) is 3. The van der Waals surface area contributed by atoms with Crippen molar-refractivity contribution in [3.63, 3.8) is 0 Å². The zero-order valence-corrected chi connectivity index (χ0v) is 19.7. The largest absolute Gasteiger partial charge is 0.497 e. The number of anilines is 2. The molecular formula is C25H30FN5O4. The molecule has 0 aliphatic carbocycles. The van der Waals surface area contributed by atoms with Gasteiger partial charge in [-0.25, -0.2) is 4.39 Å². The molecule has 2 aromatic carbocycles. The molecule has 0 aromatic heterocycles. The third-order valence-corrected chi connectivity index (χ3v) is 6.33. The molecule has 9 nitrogen and oxygen atoms in total. The maximum absolute atomic E-state index is 13.2. The molecule has 0 saturated carbocycles. The van der Waals surface area contributed by atoms with Crippen molar-refractivity contribution in [1.82, 2.24) is 15.1 Å². The first kappa shape index (κ1) is 24.5. The minimum absolute atomic E-state index is 0.123. The maximum atomic E-state index is 13.2. The molecule has 186 valence electrons. The fourth-order valence-electron chi connectivity index (χ4n) is 4.38. The summed E-state index contributed by atoms with van der Waals surface area (Å²) in [6.07, 6.45) is -0.123. The van der Waals surface area contributed by atoms with Crippen LogP contribution in [0.4, 0.5) is 15.8 Å². The van der Waals surface area contributed by atoms with Gasteiger partial charge < -0.3 is 25.2 Å². The summed E-state index contributed by atoms with van der Waals surface area (Å²) in [5.41, 5.74) is 1.54. The third-order valence-electron chi connectivity index (χ3n) is 6.33. The number of benzene rings is 2. The Morgan fingerprint density at radius 3 is 2.37 bits per heavy atom. The van der Waals surface area contributed by atoms with Crippen LogP contribution in [-0.2, 0) is 14.4 Å². The predicted molar refractivity (Wildman–Crippen MR) is 130 cm³/mol. The average Bonchev–Trinajstić information content (AvgIpc) is 2.86. The number of carbonyl (C=O) groups excluding carboxylic acids is 3. The lowest BCUT2D eigenvalue weighted by atomic mass is 10.1. The van der Waals surface area contributed by atoms with Gasteiger partial charge in [0.05, 0.1) is 20.1 Å². The number of hydrogen-bond donors (Lipinski definition) is 2. The second-order valence-corrected chi connectivity index (χ2v) is 8.61. The summed E-state index contributed by atoms with van der Waals surface area (Å²) in [5, 5.41) is 5.53. The highest BCUT2D eigenvalue weighted by molar-refractivity contribution is 5.97. The molecule has 35 heavy (non-hydrogen) atoms. The molecule has 0 radical (unpaired) electrons. The van der Waals surface area contributed by atoms with Crippen molar-refractivity contribution in [1.29, 1.82) is 0 Å². The second kappa shape index (κ2) is 11.2. The van der Waals surface area contributed by atoms with Crippen molar-refractivity contribution >= 4 is 29.1 Å². The molecule has 0 spiro atoms. The van der Waals surface area contributed by atoms with E-state index < -0.39 is 6.04 Å². The van der Waals surface area contributed by atoms with Gasteiger partial charge in [0.15, 0.2) is 0 Å². The van der Waals surface area contributed by atoms with Crippen molar-refractivity contribution in [2.45, 2.75) is 12.5 Å². The Bertz CT molecular complexity index is 1040. The van der Waals surface area contributed by atoms with Crippen molar-refractivity contribution in [3.05, 3.63) is 54.3 Å². The van der Waals surface area contributed by atoms with Gasteiger partial charge >= 0.3 is 0 Å². The van der Waals surface area contributed by atoms with Crippen molar-refractivity contribution in [2.75, 3.05) is 63.1 Å². The van der Waals surface area contributed by atoms with Gasteiger partial charge in [-0.3, -0.25) is 19.3 Å². The van der Waals surface area contributed by atoms with E-state index in [9.17, 15) is 18.8 Å². The summed E-state index contributed by atoms with van der Waals surface area (Å²) >= 11 is 0. The fourth-order valence-corrected chi connectivity index (χ4v) is 4.38. The summed E-state index contributed by atoms with van der Waals surface area (Å²) in [6, 6.07) is 12.4. The second-order valence-electron chi connectivity index (χ2n) is 8.61. The molecule has 4 rings (SSSR count). The zero-order valence-electron chi connectivity index (χ0n) is 19.7. The first-order chi connectivity index (χ1) is 16.9. The minimum Gasteiger partial charge on any atom is -0.497 e. The van der Waals surface area contributed by atoms with E-state index in [1.807, 2.05) is 4.90 Å². The topological polar surface area (TPSA) is 94.2 Å². The van der Waals surface area contributed by atoms with Gasteiger partial charge in [-0.15, -0.1) is 0 Å². The van der Waals surface area contributed by atoms with Crippen LogP contribution in [0.15, 0.2) is 48.5 Å². The molecule has 10 heteroatoms. The van der Waals surface area contributed by atoms with Gasteiger partial charge in [0.1, 0.15) is 17.6 Å². The molecule has 2 aromatic rings. The number of ether oxygens (including phenoxy) is 1. The first-order valence-corrected chi connectivity index (χ1v) is 11.7. The van der Waals surface area contributed by atoms with E-state index in [1.165, 1.54) is 17.0 Å². The highest BCUT2D eigenvalue weighted by Crippen LogP contribution is 2.19. The van der Waals surface area contributed by atoms with Gasteiger partial charge in [-0.2, -0.15) is 0 Å². The molecule has 1 atom stereocenters. The van der Waals surface area contributed by atoms with Crippen LogP contribution in [0.25, 0.3) is 0 Å². The Morgan fingerprint density at radius 1 is 1.03 bits per heavy atom. The monoisotopic (exact) mass is 483 g/mol. The standard InChI is InChI=1S/C25H30FN5O4/c1-35-21-8-4-19(5-9-21)28-23(32)16-22-25(34)27-10-11-31(22)24(33)17-29-12-14-30(15-13-29)20-6-2-18(26)3-7-20/h2-9,22H,10-17H2,1H3,(H,27,34)(H,28,32)/t22-/m1/s1. The highest BCUT2D eigenvalue weighted by atomic mass is 19.1. The summed E-state index contributed by atoms with van der Waals surface area (Å²) in [7, 11) is 1.56. The van der Waals surface area contributed by atoms with E-state index >= 15 is 0 Å². The number of carbonyl (C=O) groups is 3. The predicted octanol–water partition coefficient (Wildman–Crippen LogP) is 1.31. The van der Waals surface area contributed by atoms with Crippen LogP contribution in [0.2, 0.25) is 0 Å². The number of methoxy groups -OCH3 is 1. The van der Waals surface area contributed by atoms with Crippen LogP contribution < -0.4 is 20.3 Å². The summed E-state index contributed by atoms with van der Waals surface area (Å²) in [4.78, 5) is 44.0. The highest BCUT2D eigenvalue weighted by Gasteiger charge is 2.35. The zero-order chi connectivity index (χ0) is 24.8. The van der Waals surface area contributed by atoms with E-state index in [2.05, 4.69) is 15.5 Å². The number of hydrogen-bond acceptors (Lipinski definition) is 6. The third kappa shape index (κ3) is 6.27. The Labute approximate surface area is 203 Å². The molecule has 2 fully saturated rings. The van der Waals surface area contributed by atoms with Crippen molar-refractivity contribution in [2.24, 2.45) is 0 Å². The Morgan fingerprint density at radius 2 is 1.71 bits per heavy atom. The molecular weight excluding hydrogens is 453 g/mol. The lowest BCUT2D eigenvalue weighted by Crippen LogP contribution is -2.60. The number of nitrogens with one attached hydrogen (secondary N) is 2. The van der Waals surface area contributed by atoms with E-state index in [0.717, 1.165) is 5.69 Å². The smallest absolute Gasteiger partial charge is 0.243 e. The average molecular weight is 484 g/mol. The van der Waals surface area contributed by atoms with Crippen LogP contribution >= 0.6 is 0 Å². The maximum Gasteiger partial charge on any atom is 0.243 e. The van der Waals surface area contributed by atoms with Gasteiger partial charge in [0.25, 0.3) is 0 Å². The Balaban J connectivity index is 1.31. The van der Waals surface area contributed by atoms with Gasteiger partial charge in [-0.05, 0) is 48.5 Å². The van der Waals surface area contributed by atoms with Gasteiger partial charge in [0, 0.05) is 50.6 Å². The molecule has 2 saturated heterocycles. The first-order valence-electron chi connectivity index (χ1n) is 11.7. The quantitative estimate of drug-likeness (QED) is 0.617. The van der Waals surface area contributed by atoms with Crippen LogP contribution in [0, 0.1) is 5.82 Å². The minimum atomic E-state index is -0.852. The molecule has 0 bridgehead atoms. The number of amides is 3. The van der Waals surface area contributed by atoms with Crippen LogP contribution in [-0.4, -0.2) is 86.5 Å². The summed E-state index contributed by atoms with van der Waals surface area (Å²) in [6.45, 7) is 3.68. The molecule has 2 aliphatic rings. The van der Waals surface area contributed by atoms with Crippen LogP contribution in [0.1, 0.15) is 6.42 Å². The SMILES string of the molecule is COc1ccc(NC(=O)C[C@@H]2C(=O)NCCN2C(=O)CN2CCN(c3ccc(F)cc3)CC2)cc1. The van der Waals surface area contributed by atoms with E-state index in [0.29, 0.717) is 50.7 Å². The van der Waals surface area contributed by atoms with E-state index in [4.69, 9.17) is 4.74 Å². The normalized spacial score (nSPS) is 18.7. The Kier molecular flexibility index (Phi) is 7.81. The molecule has 3 amide bonds. The summed E-state index contributed by atoms with van der Waals surface area (Å²) in [5.74, 6) is -0.434. The fraction of sp³-hybridized carbons (Fsp3) is 0.400. The molecule has 2 aliphatic heterocycles. The van der Waals surface area contributed by atoms with Crippen molar-refractivity contribution in [3.8, 4) is 5.75 Å². The van der Waals surface area contributed by atoms with Gasteiger partial charge in [-0.1, -0.05) is 0 Å². The number of piperazine rings is 2. The number of halogens is 1. The lowest BCUT2D eigenvalue weighted by Gasteiger charge is -2.39. The van der Waals surface area contributed by atoms with Crippen LogP contribution in [0.3, 0.4) is 0 Å².